The molecule has 110 valence electrons. The third-order valence-electron chi connectivity index (χ3n) is 3.71. The number of aromatic nitrogens is 1. The normalized spacial score (nSPS) is 21.6. The minimum absolute atomic E-state index is 0.128. The van der Waals surface area contributed by atoms with Gasteiger partial charge in [0.25, 0.3) is 0 Å². The molecule has 1 aliphatic heterocycles. The van der Waals surface area contributed by atoms with E-state index in [4.69, 9.17) is 12.2 Å². The van der Waals surface area contributed by atoms with Crippen molar-refractivity contribution in [2.24, 2.45) is 0 Å². The lowest BCUT2D eigenvalue weighted by atomic mass is 10.0. The summed E-state index contributed by atoms with van der Waals surface area (Å²) in [6, 6.07) is 10.8. The highest BCUT2D eigenvalue weighted by molar-refractivity contribution is 7.80. The van der Waals surface area contributed by atoms with Gasteiger partial charge in [0.15, 0.2) is 5.11 Å². The summed E-state index contributed by atoms with van der Waals surface area (Å²) < 4.78 is 0. The van der Waals surface area contributed by atoms with E-state index in [1.165, 1.54) is 9.75 Å². The predicted octanol–water partition coefficient (Wildman–Crippen LogP) is 3.83. The van der Waals surface area contributed by atoms with E-state index in [0.717, 1.165) is 23.8 Å². The zero-order valence-corrected chi connectivity index (χ0v) is 13.9. The molecular weight excluding hydrogens is 298 g/mol. The Kier molecular flexibility index (Phi) is 4.22. The van der Waals surface area contributed by atoms with Crippen LogP contribution in [0.25, 0.3) is 0 Å². The lowest BCUT2D eigenvalue weighted by Gasteiger charge is -2.26. The first-order valence-corrected chi connectivity index (χ1v) is 8.47. The summed E-state index contributed by atoms with van der Waals surface area (Å²) in [7, 11) is 0. The van der Waals surface area contributed by atoms with Gasteiger partial charge in [-0.3, -0.25) is 4.98 Å². The van der Waals surface area contributed by atoms with E-state index < -0.39 is 0 Å². The number of nitrogens with zero attached hydrogens (tertiary/aromatic N) is 2. The van der Waals surface area contributed by atoms with Crippen LogP contribution in [0, 0.1) is 6.92 Å². The van der Waals surface area contributed by atoms with Gasteiger partial charge in [0.2, 0.25) is 0 Å². The third-order valence-corrected chi connectivity index (χ3v) is 5.14. The van der Waals surface area contributed by atoms with E-state index >= 15 is 0 Å². The average molecular weight is 317 g/mol. The highest BCUT2D eigenvalue weighted by Gasteiger charge is 2.39. The summed E-state index contributed by atoms with van der Waals surface area (Å²) in [5.41, 5.74) is 1.05. The number of thiophene rings is 1. The second kappa shape index (κ2) is 6.12. The molecule has 0 aliphatic carbocycles. The monoisotopic (exact) mass is 317 g/mol. The van der Waals surface area contributed by atoms with E-state index in [-0.39, 0.29) is 12.1 Å². The maximum Gasteiger partial charge on any atom is 0.170 e. The molecule has 0 spiro atoms. The number of nitrogens with one attached hydrogen (secondary N) is 1. The van der Waals surface area contributed by atoms with Crippen LogP contribution in [0.15, 0.2) is 36.5 Å². The summed E-state index contributed by atoms with van der Waals surface area (Å²) in [6.07, 6.45) is 2.93. The molecule has 1 aliphatic rings. The maximum atomic E-state index is 5.56. The van der Waals surface area contributed by atoms with Gasteiger partial charge in [0.1, 0.15) is 0 Å². The number of pyridine rings is 1. The zero-order chi connectivity index (χ0) is 14.8. The van der Waals surface area contributed by atoms with Crippen molar-refractivity contribution in [2.45, 2.75) is 32.4 Å². The van der Waals surface area contributed by atoms with Crippen LogP contribution in [-0.4, -0.2) is 21.5 Å². The Bertz CT molecular complexity index is 623. The molecule has 21 heavy (non-hydrogen) atoms. The molecular formula is C16H19N3S2. The van der Waals surface area contributed by atoms with Crippen molar-refractivity contribution in [2.75, 3.05) is 6.54 Å². The Labute approximate surface area is 135 Å². The van der Waals surface area contributed by atoms with Gasteiger partial charge in [-0.15, -0.1) is 11.3 Å². The minimum Gasteiger partial charge on any atom is -0.352 e. The average Bonchev–Trinajstić information content (AvgIpc) is 3.05. The Morgan fingerprint density at radius 3 is 2.81 bits per heavy atom. The molecule has 1 fully saturated rings. The van der Waals surface area contributed by atoms with Gasteiger partial charge in [-0.1, -0.05) is 13.0 Å². The second-order valence-corrected chi connectivity index (χ2v) is 6.97. The number of hydrogen-bond donors (Lipinski definition) is 1. The molecule has 1 N–H and O–H groups in total. The smallest absolute Gasteiger partial charge is 0.170 e. The van der Waals surface area contributed by atoms with Crippen molar-refractivity contribution in [3.8, 4) is 0 Å². The van der Waals surface area contributed by atoms with Gasteiger partial charge in [-0.05, 0) is 49.8 Å². The van der Waals surface area contributed by atoms with Gasteiger partial charge in [0.05, 0.1) is 17.8 Å². The Morgan fingerprint density at radius 2 is 2.19 bits per heavy atom. The SMILES string of the molecule is CCCN1C(=S)N[C@H](c2ccccn2)[C@H]1c1ccc(C)s1. The van der Waals surface area contributed by atoms with Crippen LogP contribution in [-0.2, 0) is 0 Å². The third kappa shape index (κ3) is 2.80. The van der Waals surface area contributed by atoms with Gasteiger partial charge >= 0.3 is 0 Å². The fourth-order valence-corrected chi connectivity index (χ4v) is 4.17. The summed E-state index contributed by atoms with van der Waals surface area (Å²) in [6.45, 7) is 5.30. The highest BCUT2D eigenvalue weighted by atomic mass is 32.1. The van der Waals surface area contributed by atoms with Gasteiger partial charge in [0, 0.05) is 22.5 Å². The maximum absolute atomic E-state index is 5.56. The van der Waals surface area contributed by atoms with Crippen molar-refractivity contribution in [1.82, 2.24) is 15.2 Å². The molecule has 3 rings (SSSR count). The van der Waals surface area contributed by atoms with Crippen LogP contribution >= 0.6 is 23.6 Å². The van der Waals surface area contributed by atoms with Crippen LogP contribution < -0.4 is 5.32 Å². The summed E-state index contributed by atoms with van der Waals surface area (Å²) >= 11 is 7.40. The van der Waals surface area contributed by atoms with E-state index in [9.17, 15) is 0 Å². The summed E-state index contributed by atoms with van der Waals surface area (Å²) in [5, 5.41) is 4.30. The first-order chi connectivity index (χ1) is 10.2. The number of aryl methyl sites for hydroxylation is 1. The molecule has 0 amide bonds. The van der Waals surface area contributed by atoms with E-state index in [0.29, 0.717) is 0 Å². The van der Waals surface area contributed by atoms with Gasteiger partial charge in [-0.2, -0.15) is 0 Å². The molecule has 3 heterocycles. The molecule has 0 saturated carbocycles. The van der Waals surface area contributed by atoms with Gasteiger partial charge < -0.3 is 10.2 Å². The van der Waals surface area contributed by atoms with Crippen molar-refractivity contribution in [1.29, 1.82) is 0 Å². The van der Waals surface area contributed by atoms with Crippen molar-refractivity contribution < 1.29 is 0 Å². The first-order valence-electron chi connectivity index (χ1n) is 7.25. The van der Waals surface area contributed by atoms with E-state index in [1.807, 2.05) is 29.7 Å². The Balaban J connectivity index is 2.00. The molecule has 2 aromatic rings. The lowest BCUT2D eigenvalue weighted by Crippen LogP contribution is -2.29. The summed E-state index contributed by atoms with van der Waals surface area (Å²) in [4.78, 5) is 9.52. The molecule has 0 unspecified atom stereocenters. The second-order valence-electron chi connectivity index (χ2n) is 5.27. The lowest BCUT2D eigenvalue weighted by molar-refractivity contribution is 0.322. The molecule has 3 nitrogen and oxygen atoms in total. The molecule has 0 aromatic carbocycles. The standard InChI is InChI=1S/C16H19N3S2/c1-3-10-19-15(13-8-7-11(2)21-13)14(18-16(19)20)12-6-4-5-9-17-12/h4-9,14-15H,3,10H2,1-2H3,(H,18,20)/t14-,15-/m1/s1. The molecule has 0 bridgehead atoms. The van der Waals surface area contributed by atoms with Crippen molar-refractivity contribution in [3.63, 3.8) is 0 Å². The van der Waals surface area contributed by atoms with Crippen LogP contribution in [0.4, 0.5) is 0 Å². The Morgan fingerprint density at radius 1 is 1.33 bits per heavy atom. The van der Waals surface area contributed by atoms with Crippen LogP contribution in [0.1, 0.15) is 40.9 Å². The van der Waals surface area contributed by atoms with Crippen LogP contribution in [0.3, 0.4) is 0 Å². The largest absolute Gasteiger partial charge is 0.352 e. The fraction of sp³-hybridized carbons (Fsp3) is 0.375. The number of rotatable bonds is 4. The van der Waals surface area contributed by atoms with E-state index in [1.54, 1.807) is 0 Å². The van der Waals surface area contributed by atoms with Crippen LogP contribution in [0.5, 0.6) is 0 Å². The minimum atomic E-state index is 0.128. The fourth-order valence-electron chi connectivity index (χ4n) is 2.81. The first kappa shape index (κ1) is 14.5. The summed E-state index contributed by atoms with van der Waals surface area (Å²) in [5.74, 6) is 0. The van der Waals surface area contributed by atoms with Gasteiger partial charge in [-0.25, -0.2) is 0 Å². The molecule has 1 saturated heterocycles. The quantitative estimate of drug-likeness (QED) is 0.867. The number of thiocarbonyl (C=S) groups is 1. The highest BCUT2D eigenvalue weighted by Crippen LogP contribution is 2.41. The van der Waals surface area contributed by atoms with Crippen LogP contribution in [0.2, 0.25) is 0 Å². The predicted molar refractivity (Wildman–Crippen MR) is 91.5 cm³/mol. The zero-order valence-electron chi connectivity index (χ0n) is 12.2. The molecule has 5 heteroatoms. The van der Waals surface area contributed by atoms with Crippen molar-refractivity contribution >= 4 is 28.7 Å². The topological polar surface area (TPSA) is 28.2 Å². The molecule has 2 atom stereocenters. The molecule has 2 aromatic heterocycles. The van der Waals surface area contributed by atoms with E-state index in [2.05, 4.69) is 47.2 Å². The Hall–Kier alpha value is -1.46. The van der Waals surface area contributed by atoms with Crippen molar-refractivity contribution in [3.05, 3.63) is 52.0 Å². The molecule has 0 radical (unpaired) electrons. The number of hydrogen-bond acceptors (Lipinski definition) is 3.